The van der Waals surface area contributed by atoms with Gasteiger partial charge in [-0.15, -0.1) is 11.3 Å². The van der Waals surface area contributed by atoms with Crippen molar-refractivity contribution in [3.8, 4) is 0 Å². The van der Waals surface area contributed by atoms with Gasteiger partial charge in [0.15, 0.2) is 0 Å². The van der Waals surface area contributed by atoms with Crippen molar-refractivity contribution in [1.82, 2.24) is 5.32 Å². The summed E-state index contributed by atoms with van der Waals surface area (Å²) in [6.45, 7) is 2.96. The third-order valence-corrected chi connectivity index (χ3v) is 4.80. The molecular formula is C15H18BrNOS. The number of thiophene rings is 1. The standard InChI is InChI=1S/C15H18BrNOS/c1-2-15(11-18,12-5-3-6-13(16)9-12)17-10-14-7-4-8-19-14/h3-9,17-18H,2,10-11H2,1H3. The number of nitrogens with one attached hydrogen (secondary N) is 1. The Bertz CT molecular complexity index is 509. The quantitative estimate of drug-likeness (QED) is 0.836. The van der Waals surface area contributed by atoms with Crippen LogP contribution in [0, 0.1) is 0 Å². The Balaban J connectivity index is 2.21. The molecule has 0 saturated heterocycles. The van der Waals surface area contributed by atoms with E-state index in [2.05, 4.69) is 51.7 Å². The van der Waals surface area contributed by atoms with Crippen molar-refractivity contribution >= 4 is 27.3 Å². The molecule has 2 N–H and O–H groups in total. The van der Waals surface area contributed by atoms with Crippen LogP contribution >= 0.6 is 27.3 Å². The molecule has 0 aliphatic carbocycles. The molecule has 2 rings (SSSR count). The molecule has 0 radical (unpaired) electrons. The normalized spacial score (nSPS) is 14.3. The maximum Gasteiger partial charge on any atom is 0.0669 e. The highest BCUT2D eigenvalue weighted by atomic mass is 79.9. The van der Waals surface area contributed by atoms with Crippen LogP contribution in [-0.4, -0.2) is 11.7 Å². The molecule has 0 amide bonds. The van der Waals surface area contributed by atoms with Gasteiger partial charge in [0.05, 0.1) is 12.1 Å². The third kappa shape index (κ3) is 3.45. The Hall–Kier alpha value is -0.680. The van der Waals surface area contributed by atoms with Crippen molar-refractivity contribution in [3.05, 3.63) is 56.7 Å². The lowest BCUT2D eigenvalue weighted by atomic mass is 9.88. The Labute approximate surface area is 126 Å². The third-order valence-electron chi connectivity index (χ3n) is 3.43. The molecule has 1 aromatic heterocycles. The molecule has 102 valence electrons. The van der Waals surface area contributed by atoms with Crippen LogP contribution in [0.2, 0.25) is 0 Å². The summed E-state index contributed by atoms with van der Waals surface area (Å²) in [5.74, 6) is 0. The highest BCUT2D eigenvalue weighted by Crippen LogP contribution is 2.27. The van der Waals surface area contributed by atoms with Crippen molar-refractivity contribution in [2.45, 2.75) is 25.4 Å². The van der Waals surface area contributed by atoms with Crippen LogP contribution in [0.15, 0.2) is 46.3 Å². The van der Waals surface area contributed by atoms with Crippen molar-refractivity contribution in [2.75, 3.05) is 6.61 Å². The SMILES string of the molecule is CCC(CO)(NCc1cccs1)c1cccc(Br)c1. The monoisotopic (exact) mass is 339 g/mol. The second kappa shape index (κ2) is 6.66. The van der Waals surface area contributed by atoms with Crippen LogP contribution in [0.1, 0.15) is 23.8 Å². The number of benzene rings is 1. The first kappa shape index (κ1) is 14.7. The van der Waals surface area contributed by atoms with E-state index >= 15 is 0 Å². The molecule has 2 nitrogen and oxygen atoms in total. The summed E-state index contributed by atoms with van der Waals surface area (Å²) in [6, 6.07) is 12.3. The molecule has 4 heteroatoms. The van der Waals surface area contributed by atoms with Crippen LogP contribution in [0.25, 0.3) is 0 Å². The smallest absolute Gasteiger partial charge is 0.0669 e. The maximum absolute atomic E-state index is 9.88. The average Bonchev–Trinajstić information content (AvgIpc) is 2.94. The lowest BCUT2D eigenvalue weighted by Gasteiger charge is -2.33. The fraction of sp³-hybridized carbons (Fsp3) is 0.333. The molecule has 0 spiro atoms. The Morgan fingerprint density at radius 1 is 1.32 bits per heavy atom. The van der Waals surface area contributed by atoms with E-state index in [9.17, 15) is 5.11 Å². The first-order valence-electron chi connectivity index (χ1n) is 6.34. The van der Waals surface area contributed by atoms with Gasteiger partial charge in [-0.05, 0) is 35.6 Å². The molecule has 1 heterocycles. The summed E-state index contributed by atoms with van der Waals surface area (Å²) >= 11 is 5.23. The van der Waals surface area contributed by atoms with Gasteiger partial charge in [-0.3, -0.25) is 0 Å². The van der Waals surface area contributed by atoms with Gasteiger partial charge in [0.25, 0.3) is 0 Å². The van der Waals surface area contributed by atoms with Gasteiger partial charge in [0, 0.05) is 15.9 Å². The summed E-state index contributed by atoms with van der Waals surface area (Å²) in [5.41, 5.74) is 0.733. The van der Waals surface area contributed by atoms with E-state index in [1.165, 1.54) is 4.88 Å². The van der Waals surface area contributed by atoms with E-state index < -0.39 is 0 Å². The van der Waals surface area contributed by atoms with Crippen LogP contribution < -0.4 is 5.32 Å². The Morgan fingerprint density at radius 2 is 2.16 bits per heavy atom. The van der Waals surface area contributed by atoms with E-state index in [1.54, 1.807) is 11.3 Å². The van der Waals surface area contributed by atoms with Crippen LogP contribution in [0.4, 0.5) is 0 Å². The van der Waals surface area contributed by atoms with Crippen LogP contribution in [0.3, 0.4) is 0 Å². The zero-order valence-corrected chi connectivity index (χ0v) is 13.3. The fourth-order valence-corrected chi connectivity index (χ4v) is 3.19. The van der Waals surface area contributed by atoms with Crippen molar-refractivity contribution < 1.29 is 5.11 Å². The van der Waals surface area contributed by atoms with Crippen molar-refractivity contribution in [2.24, 2.45) is 0 Å². The van der Waals surface area contributed by atoms with Crippen LogP contribution in [0.5, 0.6) is 0 Å². The molecule has 0 bridgehead atoms. The molecule has 1 atom stereocenters. The molecular weight excluding hydrogens is 322 g/mol. The lowest BCUT2D eigenvalue weighted by molar-refractivity contribution is 0.154. The first-order valence-corrected chi connectivity index (χ1v) is 8.02. The number of hydrogen-bond acceptors (Lipinski definition) is 3. The van der Waals surface area contributed by atoms with Crippen molar-refractivity contribution in [1.29, 1.82) is 0 Å². The van der Waals surface area contributed by atoms with Crippen molar-refractivity contribution in [3.63, 3.8) is 0 Å². The first-order chi connectivity index (χ1) is 9.20. The van der Waals surface area contributed by atoms with E-state index in [0.29, 0.717) is 0 Å². The molecule has 0 aliphatic rings. The van der Waals surface area contributed by atoms with Crippen LogP contribution in [-0.2, 0) is 12.1 Å². The van der Waals surface area contributed by atoms with Gasteiger partial charge in [0.2, 0.25) is 0 Å². The molecule has 0 fully saturated rings. The molecule has 0 saturated carbocycles. The topological polar surface area (TPSA) is 32.3 Å². The fourth-order valence-electron chi connectivity index (χ4n) is 2.15. The Morgan fingerprint density at radius 3 is 2.74 bits per heavy atom. The predicted molar refractivity (Wildman–Crippen MR) is 84.4 cm³/mol. The number of aliphatic hydroxyl groups excluding tert-OH is 1. The number of aliphatic hydroxyl groups is 1. The molecule has 1 aromatic carbocycles. The van der Waals surface area contributed by atoms with E-state index in [1.807, 2.05) is 18.2 Å². The number of halogens is 1. The summed E-state index contributed by atoms with van der Waals surface area (Å²) in [6.07, 6.45) is 0.839. The van der Waals surface area contributed by atoms with Gasteiger partial charge in [-0.25, -0.2) is 0 Å². The van der Waals surface area contributed by atoms with Gasteiger partial charge in [0.1, 0.15) is 0 Å². The second-order valence-electron chi connectivity index (χ2n) is 4.54. The minimum absolute atomic E-state index is 0.0886. The molecule has 19 heavy (non-hydrogen) atoms. The highest BCUT2D eigenvalue weighted by molar-refractivity contribution is 9.10. The largest absolute Gasteiger partial charge is 0.394 e. The lowest BCUT2D eigenvalue weighted by Crippen LogP contribution is -2.44. The molecule has 1 unspecified atom stereocenters. The minimum Gasteiger partial charge on any atom is -0.394 e. The van der Waals surface area contributed by atoms with E-state index in [4.69, 9.17) is 0 Å². The summed E-state index contributed by atoms with van der Waals surface area (Å²) in [4.78, 5) is 1.28. The van der Waals surface area contributed by atoms with Gasteiger partial charge >= 0.3 is 0 Å². The zero-order valence-electron chi connectivity index (χ0n) is 10.9. The summed E-state index contributed by atoms with van der Waals surface area (Å²) < 4.78 is 1.04. The average molecular weight is 340 g/mol. The predicted octanol–water partition coefficient (Wildman–Crippen LogP) is 3.90. The van der Waals surface area contributed by atoms with E-state index in [-0.39, 0.29) is 12.1 Å². The van der Waals surface area contributed by atoms with E-state index in [0.717, 1.165) is 23.0 Å². The second-order valence-corrected chi connectivity index (χ2v) is 6.48. The number of hydrogen-bond donors (Lipinski definition) is 2. The molecule has 2 aromatic rings. The number of rotatable bonds is 6. The minimum atomic E-state index is -0.381. The maximum atomic E-state index is 9.88. The zero-order chi connectivity index (χ0) is 13.7. The molecule has 0 aliphatic heterocycles. The van der Waals surface area contributed by atoms with Gasteiger partial charge < -0.3 is 10.4 Å². The van der Waals surface area contributed by atoms with Gasteiger partial charge in [-0.2, -0.15) is 0 Å². The highest BCUT2D eigenvalue weighted by Gasteiger charge is 2.29. The summed E-state index contributed by atoms with van der Waals surface area (Å²) in [5, 5.41) is 15.5. The van der Waals surface area contributed by atoms with Gasteiger partial charge in [-0.1, -0.05) is 41.1 Å². The summed E-state index contributed by atoms with van der Waals surface area (Å²) in [7, 11) is 0. The Kier molecular flexibility index (Phi) is 5.16.